The Morgan fingerprint density at radius 3 is 2.86 bits per heavy atom. The summed E-state index contributed by atoms with van der Waals surface area (Å²) < 4.78 is 6.33. The molecule has 3 heterocycles. The third-order valence-corrected chi connectivity index (χ3v) is 6.79. The Hall–Kier alpha value is -2.23. The third-order valence-electron chi connectivity index (χ3n) is 4.56. The zero-order valence-corrected chi connectivity index (χ0v) is 17.4. The van der Waals surface area contributed by atoms with Gasteiger partial charge in [-0.2, -0.15) is 4.98 Å². The molecule has 1 saturated heterocycles. The van der Waals surface area contributed by atoms with Gasteiger partial charge in [0.2, 0.25) is 5.91 Å². The number of aryl methyl sites for hydroxylation is 2. The van der Waals surface area contributed by atoms with Gasteiger partial charge in [0.15, 0.2) is 10.8 Å². The smallest absolute Gasteiger partial charge is 0.234 e. The second-order valence-electron chi connectivity index (χ2n) is 6.56. The number of benzene rings is 1. The summed E-state index contributed by atoms with van der Waals surface area (Å²) in [6.45, 7) is 7.16. The third kappa shape index (κ3) is 4.26. The number of carbonyl (C=O) groups excluding carboxylic acids is 1. The molecular formula is C19H21N5O2S2. The molecule has 28 heavy (non-hydrogen) atoms. The van der Waals surface area contributed by atoms with Gasteiger partial charge in [-0.15, -0.1) is 0 Å². The normalized spacial score (nSPS) is 14.4. The van der Waals surface area contributed by atoms with Crippen LogP contribution in [0.4, 0.5) is 10.8 Å². The minimum atomic E-state index is -0.0575. The van der Waals surface area contributed by atoms with E-state index in [1.54, 1.807) is 11.3 Å². The summed E-state index contributed by atoms with van der Waals surface area (Å²) in [6.07, 6.45) is 1.51. The number of anilines is 2. The van der Waals surface area contributed by atoms with Gasteiger partial charge in [0.05, 0.1) is 19.0 Å². The van der Waals surface area contributed by atoms with E-state index < -0.39 is 0 Å². The second kappa shape index (κ2) is 8.42. The molecular weight excluding hydrogens is 394 g/mol. The van der Waals surface area contributed by atoms with Gasteiger partial charge in [-0.25, -0.2) is 9.97 Å². The van der Waals surface area contributed by atoms with E-state index in [-0.39, 0.29) is 11.7 Å². The van der Waals surface area contributed by atoms with Crippen molar-refractivity contribution in [2.45, 2.75) is 18.9 Å². The average Bonchev–Trinajstić information content (AvgIpc) is 3.15. The van der Waals surface area contributed by atoms with E-state index in [0.29, 0.717) is 18.9 Å². The van der Waals surface area contributed by atoms with Crippen molar-refractivity contribution in [1.82, 2.24) is 15.0 Å². The molecule has 0 radical (unpaired) electrons. The van der Waals surface area contributed by atoms with Crippen molar-refractivity contribution < 1.29 is 9.53 Å². The van der Waals surface area contributed by atoms with Crippen molar-refractivity contribution >= 4 is 50.2 Å². The number of hydrogen-bond acceptors (Lipinski definition) is 8. The van der Waals surface area contributed by atoms with E-state index >= 15 is 0 Å². The van der Waals surface area contributed by atoms with E-state index in [0.717, 1.165) is 39.2 Å². The summed E-state index contributed by atoms with van der Waals surface area (Å²) >= 11 is 2.98. The molecule has 0 aliphatic carbocycles. The molecule has 0 saturated carbocycles. The van der Waals surface area contributed by atoms with Gasteiger partial charge in [-0.3, -0.25) is 4.79 Å². The zero-order chi connectivity index (χ0) is 19.5. The van der Waals surface area contributed by atoms with Gasteiger partial charge in [0, 0.05) is 18.8 Å². The zero-order valence-electron chi connectivity index (χ0n) is 15.8. The van der Waals surface area contributed by atoms with E-state index in [4.69, 9.17) is 4.74 Å². The van der Waals surface area contributed by atoms with Crippen LogP contribution in [-0.4, -0.2) is 52.9 Å². The Bertz CT molecular complexity index is 1000. The first kappa shape index (κ1) is 19.1. The number of thiazole rings is 1. The SMILES string of the molecule is Cc1ccc(NC(=O)CSc2ncnc3nc(N4CCOCC4)sc23)cc1C. The van der Waals surface area contributed by atoms with Gasteiger partial charge >= 0.3 is 0 Å². The highest BCUT2D eigenvalue weighted by atomic mass is 32.2. The number of aromatic nitrogens is 3. The average molecular weight is 416 g/mol. The first-order chi connectivity index (χ1) is 13.6. The molecule has 0 bridgehead atoms. The van der Waals surface area contributed by atoms with Crippen molar-refractivity contribution in [3.8, 4) is 0 Å². The van der Waals surface area contributed by atoms with Crippen LogP contribution in [0.5, 0.6) is 0 Å². The highest BCUT2D eigenvalue weighted by Crippen LogP contribution is 2.34. The van der Waals surface area contributed by atoms with Crippen LogP contribution in [0.1, 0.15) is 11.1 Å². The van der Waals surface area contributed by atoms with Gasteiger partial charge in [0.1, 0.15) is 16.1 Å². The topological polar surface area (TPSA) is 80.2 Å². The fraction of sp³-hybridized carbons (Fsp3) is 0.368. The van der Waals surface area contributed by atoms with Crippen molar-refractivity contribution in [2.75, 3.05) is 42.3 Å². The lowest BCUT2D eigenvalue weighted by molar-refractivity contribution is -0.113. The maximum atomic E-state index is 12.4. The van der Waals surface area contributed by atoms with Gasteiger partial charge < -0.3 is 15.0 Å². The molecule has 7 nitrogen and oxygen atoms in total. The highest BCUT2D eigenvalue weighted by molar-refractivity contribution is 8.00. The van der Waals surface area contributed by atoms with E-state index in [1.807, 2.05) is 25.1 Å². The molecule has 0 unspecified atom stereocenters. The Balaban J connectivity index is 1.44. The number of fused-ring (bicyclic) bond motifs is 1. The van der Waals surface area contributed by atoms with Crippen molar-refractivity contribution in [2.24, 2.45) is 0 Å². The first-order valence-electron chi connectivity index (χ1n) is 9.04. The van der Waals surface area contributed by atoms with Gasteiger partial charge in [-0.1, -0.05) is 29.2 Å². The lowest BCUT2D eigenvalue weighted by Gasteiger charge is -2.25. The molecule has 1 fully saturated rings. The molecule has 4 rings (SSSR count). The summed E-state index contributed by atoms with van der Waals surface area (Å²) in [5, 5.41) is 4.67. The number of carbonyl (C=O) groups is 1. The number of nitrogens with zero attached hydrogens (tertiary/aromatic N) is 4. The molecule has 1 aliphatic heterocycles. The molecule has 1 aliphatic rings. The largest absolute Gasteiger partial charge is 0.378 e. The Labute approximate surface area is 171 Å². The first-order valence-corrected chi connectivity index (χ1v) is 10.8. The van der Waals surface area contributed by atoms with Crippen LogP contribution in [0.25, 0.3) is 10.3 Å². The maximum absolute atomic E-state index is 12.4. The molecule has 1 amide bonds. The fourth-order valence-corrected chi connectivity index (χ4v) is 4.81. The van der Waals surface area contributed by atoms with Crippen LogP contribution < -0.4 is 10.2 Å². The minimum Gasteiger partial charge on any atom is -0.378 e. The van der Waals surface area contributed by atoms with Crippen LogP contribution in [0.15, 0.2) is 29.6 Å². The summed E-state index contributed by atoms with van der Waals surface area (Å²) in [6, 6.07) is 5.92. The number of amides is 1. The van der Waals surface area contributed by atoms with Crippen LogP contribution in [0, 0.1) is 13.8 Å². The Kier molecular flexibility index (Phi) is 5.74. The minimum absolute atomic E-state index is 0.0575. The van der Waals surface area contributed by atoms with Crippen LogP contribution in [0.3, 0.4) is 0 Å². The number of nitrogens with one attached hydrogen (secondary N) is 1. The van der Waals surface area contributed by atoms with Crippen LogP contribution >= 0.6 is 23.1 Å². The molecule has 0 atom stereocenters. The second-order valence-corrected chi connectivity index (χ2v) is 8.50. The lowest BCUT2D eigenvalue weighted by atomic mass is 10.1. The molecule has 146 valence electrons. The van der Waals surface area contributed by atoms with E-state index in [9.17, 15) is 4.79 Å². The predicted octanol–water partition coefficient (Wildman–Crippen LogP) is 3.27. The molecule has 9 heteroatoms. The number of morpholine rings is 1. The molecule has 1 N–H and O–H groups in total. The van der Waals surface area contributed by atoms with Crippen molar-refractivity contribution in [3.63, 3.8) is 0 Å². The van der Waals surface area contributed by atoms with E-state index in [1.165, 1.54) is 23.7 Å². The summed E-state index contributed by atoms with van der Waals surface area (Å²) in [7, 11) is 0. The molecule has 3 aromatic rings. The summed E-state index contributed by atoms with van der Waals surface area (Å²) in [4.78, 5) is 27.9. The number of ether oxygens (including phenoxy) is 1. The Morgan fingerprint density at radius 2 is 2.07 bits per heavy atom. The fourth-order valence-electron chi connectivity index (χ4n) is 2.87. The van der Waals surface area contributed by atoms with E-state index in [2.05, 4.69) is 32.1 Å². The Morgan fingerprint density at radius 1 is 1.25 bits per heavy atom. The predicted molar refractivity (Wildman–Crippen MR) is 114 cm³/mol. The number of thioether (sulfide) groups is 1. The quantitative estimate of drug-likeness (QED) is 0.506. The molecule has 1 aromatic carbocycles. The monoisotopic (exact) mass is 415 g/mol. The summed E-state index contributed by atoms with van der Waals surface area (Å²) in [5.41, 5.74) is 3.85. The van der Waals surface area contributed by atoms with Crippen LogP contribution in [-0.2, 0) is 9.53 Å². The number of hydrogen-bond donors (Lipinski definition) is 1. The summed E-state index contributed by atoms with van der Waals surface area (Å²) in [5.74, 6) is 0.224. The van der Waals surface area contributed by atoms with Gasteiger partial charge in [0.25, 0.3) is 0 Å². The maximum Gasteiger partial charge on any atom is 0.234 e. The van der Waals surface area contributed by atoms with Crippen molar-refractivity contribution in [3.05, 3.63) is 35.7 Å². The molecule has 2 aromatic heterocycles. The van der Waals surface area contributed by atoms with Crippen LogP contribution in [0.2, 0.25) is 0 Å². The molecule has 0 spiro atoms. The lowest BCUT2D eigenvalue weighted by Crippen LogP contribution is -2.36. The van der Waals surface area contributed by atoms with Gasteiger partial charge in [-0.05, 0) is 37.1 Å². The van der Waals surface area contributed by atoms with Crippen molar-refractivity contribution in [1.29, 1.82) is 0 Å². The standard InChI is InChI=1S/C19H21N5O2S2/c1-12-3-4-14(9-13(12)2)22-15(25)10-27-18-16-17(20-11-21-18)23-19(28-16)24-5-7-26-8-6-24/h3-4,9,11H,5-8,10H2,1-2H3,(H,22,25). The number of rotatable bonds is 5. The highest BCUT2D eigenvalue weighted by Gasteiger charge is 2.18.